The number of nitrogens with two attached hydrogens (primary N) is 1. The third-order valence-electron chi connectivity index (χ3n) is 2.93. The summed E-state index contributed by atoms with van der Waals surface area (Å²) in [6.07, 6.45) is 0.232. The monoisotopic (exact) mass is 286 g/mol. The maximum absolute atomic E-state index is 11.8. The van der Waals surface area contributed by atoms with Gasteiger partial charge in [0, 0.05) is 5.69 Å². The number of aliphatic hydroxyl groups excluding tert-OH is 1. The molecule has 0 saturated heterocycles. The van der Waals surface area contributed by atoms with Gasteiger partial charge in [0.25, 0.3) is 0 Å². The minimum atomic E-state index is -0.138. The van der Waals surface area contributed by atoms with Crippen LogP contribution in [0.25, 0.3) is 0 Å². The molecule has 2 aromatic carbocycles. The van der Waals surface area contributed by atoms with Gasteiger partial charge >= 0.3 is 0 Å². The van der Waals surface area contributed by atoms with Gasteiger partial charge in [0.1, 0.15) is 5.75 Å². The van der Waals surface area contributed by atoms with Crippen LogP contribution in [0.1, 0.15) is 12.0 Å². The van der Waals surface area contributed by atoms with Crippen molar-refractivity contribution in [1.82, 2.24) is 0 Å². The van der Waals surface area contributed by atoms with E-state index in [1.165, 1.54) is 0 Å². The number of amides is 1. The zero-order chi connectivity index (χ0) is 15.1. The summed E-state index contributed by atoms with van der Waals surface area (Å²) in [6.45, 7) is 0.245. The Bertz CT molecular complexity index is 597. The molecule has 0 aliphatic carbocycles. The molecule has 0 bridgehead atoms. The number of hydrogen-bond donors (Lipinski definition) is 3. The van der Waals surface area contributed by atoms with E-state index >= 15 is 0 Å². The second-order valence-corrected chi connectivity index (χ2v) is 4.54. The highest BCUT2D eigenvalue weighted by Gasteiger charge is 2.04. The van der Waals surface area contributed by atoms with Gasteiger partial charge in [-0.3, -0.25) is 4.79 Å². The largest absolute Gasteiger partial charge is 0.491 e. The molecule has 0 saturated carbocycles. The number of hydrogen-bond acceptors (Lipinski definition) is 4. The van der Waals surface area contributed by atoms with Gasteiger partial charge in [0.2, 0.25) is 5.91 Å². The van der Waals surface area contributed by atoms with Gasteiger partial charge < -0.3 is 20.9 Å². The van der Waals surface area contributed by atoms with Crippen LogP contribution in [0.5, 0.6) is 5.75 Å². The Hall–Kier alpha value is -2.53. The van der Waals surface area contributed by atoms with E-state index in [0.29, 0.717) is 17.1 Å². The maximum atomic E-state index is 11.8. The Morgan fingerprint density at radius 2 is 1.86 bits per heavy atom. The summed E-state index contributed by atoms with van der Waals surface area (Å²) in [6, 6.07) is 14.2. The average molecular weight is 286 g/mol. The predicted octanol–water partition coefficient (Wildman–Crippen LogP) is 2.17. The highest BCUT2D eigenvalue weighted by molar-refractivity contribution is 5.90. The molecule has 0 atom stereocenters. The third-order valence-corrected chi connectivity index (χ3v) is 2.93. The van der Waals surface area contributed by atoms with E-state index in [-0.39, 0.29) is 25.5 Å². The minimum Gasteiger partial charge on any atom is -0.491 e. The fourth-order valence-electron chi connectivity index (χ4n) is 1.78. The smallest absolute Gasteiger partial charge is 0.227 e. The van der Waals surface area contributed by atoms with Crippen LogP contribution in [0.2, 0.25) is 0 Å². The summed E-state index contributed by atoms with van der Waals surface area (Å²) in [4.78, 5) is 11.8. The molecule has 1 amide bonds. The van der Waals surface area contributed by atoms with E-state index in [2.05, 4.69) is 5.32 Å². The molecule has 0 aliphatic rings. The lowest BCUT2D eigenvalue weighted by molar-refractivity contribution is -0.116. The van der Waals surface area contributed by atoms with Crippen molar-refractivity contribution in [3.8, 4) is 5.75 Å². The SMILES string of the molecule is Nc1ccccc1OCCC(=O)Nc1ccc(CO)cc1. The Morgan fingerprint density at radius 3 is 2.52 bits per heavy atom. The molecule has 2 aromatic rings. The van der Waals surface area contributed by atoms with Gasteiger partial charge in [0.15, 0.2) is 0 Å². The lowest BCUT2D eigenvalue weighted by Gasteiger charge is -2.09. The molecule has 5 heteroatoms. The molecule has 0 radical (unpaired) electrons. The molecule has 0 aromatic heterocycles. The number of carbonyl (C=O) groups excluding carboxylic acids is 1. The predicted molar refractivity (Wildman–Crippen MR) is 82.0 cm³/mol. The van der Waals surface area contributed by atoms with E-state index in [1.54, 1.807) is 36.4 Å². The number of ether oxygens (including phenoxy) is 1. The fraction of sp³-hybridized carbons (Fsp3) is 0.188. The van der Waals surface area contributed by atoms with Crippen LogP contribution < -0.4 is 15.8 Å². The molecular weight excluding hydrogens is 268 g/mol. The first-order valence-electron chi connectivity index (χ1n) is 6.66. The van der Waals surface area contributed by atoms with Crippen LogP contribution in [0.15, 0.2) is 48.5 Å². The first-order valence-corrected chi connectivity index (χ1v) is 6.66. The Labute approximate surface area is 123 Å². The van der Waals surface area contributed by atoms with Gasteiger partial charge in [-0.15, -0.1) is 0 Å². The van der Waals surface area contributed by atoms with Crippen molar-refractivity contribution in [2.45, 2.75) is 13.0 Å². The summed E-state index contributed by atoms with van der Waals surface area (Å²) in [5, 5.41) is 11.7. The molecule has 2 rings (SSSR count). The number of anilines is 2. The Kier molecular flexibility index (Phi) is 5.17. The molecule has 0 unspecified atom stereocenters. The topological polar surface area (TPSA) is 84.6 Å². The van der Waals surface area contributed by atoms with E-state index < -0.39 is 0 Å². The number of carbonyl (C=O) groups is 1. The van der Waals surface area contributed by atoms with Crippen molar-refractivity contribution in [3.05, 3.63) is 54.1 Å². The normalized spacial score (nSPS) is 10.1. The molecule has 5 nitrogen and oxygen atoms in total. The fourth-order valence-corrected chi connectivity index (χ4v) is 1.78. The molecule has 0 aliphatic heterocycles. The van der Waals surface area contributed by atoms with Gasteiger partial charge in [-0.1, -0.05) is 24.3 Å². The average Bonchev–Trinajstić information content (AvgIpc) is 2.50. The lowest BCUT2D eigenvalue weighted by Crippen LogP contribution is -2.15. The molecule has 0 fully saturated rings. The highest BCUT2D eigenvalue weighted by Crippen LogP contribution is 2.19. The van der Waals surface area contributed by atoms with Crippen LogP contribution in [-0.2, 0) is 11.4 Å². The minimum absolute atomic E-state index is 0.0133. The van der Waals surface area contributed by atoms with Crippen molar-refractivity contribution in [2.75, 3.05) is 17.7 Å². The van der Waals surface area contributed by atoms with Gasteiger partial charge in [-0.05, 0) is 29.8 Å². The van der Waals surface area contributed by atoms with E-state index in [1.807, 2.05) is 12.1 Å². The standard InChI is InChI=1S/C16H18N2O3/c17-14-3-1-2-4-15(14)21-10-9-16(20)18-13-7-5-12(11-19)6-8-13/h1-8,19H,9-11,17H2,(H,18,20). The number of para-hydroxylation sites is 2. The summed E-state index contributed by atoms with van der Waals surface area (Å²) in [7, 11) is 0. The lowest BCUT2D eigenvalue weighted by atomic mass is 10.2. The van der Waals surface area contributed by atoms with E-state index in [9.17, 15) is 4.79 Å². The van der Waals surface area contributed by atoms with Gasteiger partial charge in [-0.2, -0.15) is 0 Å². The third kappa shape index (κ3) is 4.50. The molecule has 0 heterocycles. The van der Waals surface area contributed by atoms with Crippen molar-refractivity contribution in [2.24, 2.45) is 0 Å². The van der Waals surface area contributed by atoms with Crippen molar-refractivity contribution < 1.29 is 14.6 Å². The maximum Gasteiger partial charge on any atom is 0.227 e. The van der Waals surface area contributed by atoms with Crippen molar-refractivity contribution in [3.63, 3.8) is 0 Å². The van der Waals surface area contributed by atoms with Gasteiger partial charge in [-0.25, -0.2) is 0 Å². The van der Waals surface area contributed by atoms with Gasteiger partial charge in [0.05, 0.1) is 25.3 Å². The number of aliphatic hydroxyl groups is 1. The highest BCUT2D eigenvalue weighted by atomic mass is 16.5. The van der Waals surface area contributed by atoms with Crippen LogP contribution in [0.3, 0.4) is 0 Å². The second-order valence-electron chi connectivity index (χ2n) is 4.54. The second kappa shape index (κ2) is 7.31. The number of nitrogens with one attached hydrogen (secondary N) is 1. The van der Waals surface area contributed by atoms with Crippen LogP contribution in [-0.4, -0.2) is 17.6 Å². The quantitative estimate of drug-likeness (QED) is 0.710. The van der Waals surface area contributed by atoms with E-state index in [4.69, 9.17) is 15.6 Å². The molecule has 110 valence electrons. The number of benzene rings is 2. The Morgan fingerprint density at radius 1 is 1.14 bits per heavy atom. The first kappa shape index (κ1) is 14.9. The molecule has 4 N–H and O–H groups in total. The summed E-state index contributed by atoms with van der Waals surface area (Å²) in [5.74, 6) is 0.443. The summed E-state index contributed by atoms with van der Waals surface area (Å²) >= 11 is 0. The summed E-state index contributed by atoms with van der Waals surface area (Å²) < 4.78 is 5.46. The number of rotatable bonds is 6. The van der Waals surface area contributed by atoms with Crippen LogP contribution in [0, 0.1) is 0 Å². The first-order chi connectivity index (χ1) is 10.2. The van der Waals surface area contributed by atoms with Crippen molar-refractivity contribution >= 4 is 17.3 Å². The van der Waals surface area contributed by atoms with E-state index in [0.717, 1.165) is 5.56 Å². The van der Waals surface area contributed by atoms with Crippen LogP contribution in [0.4, 0.5) is 11.4 Å². The number of nitrogen functional groups attached to an aromatic ring is 1. The Balaban J connectivity index is 1.78. The summed E-state index contributed by atoms with van der Waals surface area (Å²) in [5.41, 5.74) is 7.79. The molecule has 0 spiro atoms. The van der Waals surface area contributed by atoms with Crippen molar-refractivity contribution in [1.29, 1.82) is 0 Å². The zero-order valence-electron chi connectivity index (χ0n) is 11.6. The molecular formula is C16H18N2O3. The van der Waals surface area contributed by atoms with Crippen LogP contribution >= 0.6 is 0 Å². The zero-order valence-corrected chi connectivity index (χ0v) is 11.6. The molecule has 21 heavy (non-hydrogen) atoms.